The molecule has 27 heavy (non-hydrogen) atoms. The van der Waals surface area contributed by atoms with Crippen molar-refractivity contribution in [1.82, 2.24) is 4.90 Å². The number of aliphatic carboxylic acids is 1. The number of carboxylic acids is 1. The van der Waals surface area contributed by atoms with Crippen molar-refractivity contribution in [3.63, 3.8) is 0 Å². The predicted octanol–water partition coefficient (Wildman–Crippen LogP) is 3.46. The summed E-state index contributed by atoms with van der Waals surface area (Å²) in [6.45, 7) is -0.0596. The van der Waals surface area contributed by atoms with Crippen LogP contribution in [0.15, 0.2) is 48.5 Å². The lowest BCUT2D eigenvalue weighted by Gasteiger charge is -2.34. The number of ether oxygens (including phenoxy) is 2. The molecule has 1 atom stereocenters. The molecule has 1 saturated carbocycles. The van der Waals surface area contributed by atoms with Gasteiger partial charge in [0.2, 0.25) is 0 Å². The normalized spacial score (nSPS) is 16.3. The number of hydrogen-bond acceptors (Lipinski definition) is 4. The summed E-state index contributed by atoms with van der Waals surface area (Å²) in [7, 11) is 1.27. The third-order valence-corrected chi connectivity index (χ3v) is 5.10. The van der Waals surface area contributed by atoms with Gasteiger partial charge in [-0.1, -0.05) is 48.5 Å². The summed E-state index contributed by atoms with van der Waals surface area (Å²) in [6.07, 6.45) is 1.27. The number of rotatable bonds is 6. The largest absolute Gasteiger partial charge is 0.480 e. The van der Waals surface area contributed by atoms with Crippen LogP contribution in [0.3, 0.4) is 0 Å². The van der Waals surface area contributed by atoms with Gasteiger partial charge in [-0.3, -0.25) is 4.90 Å². The zero-order valence-electron chi connectivity index (χ0n) is 15.0. The summed E-state index contributed by atoms with van der Waals surface area (Å²) in [5.41, 5.74) is 3.78. The fourth-order valence-electron chi connectivity index (χ4n) is 3.68. The fraction of sp³-hybridized carbons (Fsp3) is 0.333. The van der Waals surface area contributed by atoms with Crippen molar-refractivity contribution in [3.8, 4) is 11.1 Å². The minimum absolute atomic E-state index is 0.0596. The molecule has 2 aliphatic carbocycles. The molecule has 2 aromatic rings. The molecule has 6 heteroatoms. The first-order chi connectivity index (χ1) is 13.1. The molecule has 6 nitrogen and oxygen atoms in total. The number of fused-ring (bicyclic) bond motifs is 3. The summed E-state index contributed by atoms with van der Waals surface area (Å²) < 4.78 is 10.6. The van der Waals surface area contributed by atoms with Crippen LogP contribution in [-0.2, 0) is 14.3 Å². The number of hydrogen-bond donors (Lipinski definition) is 1. The molecule has 0 radical (unpaired) electrons. The zero-order chi connectivity index (χ0) is 19.0. The van der Waals surface area contributed by atoms with Crippen molar-refractivity contribution in [1.29, 1.82) is 0 Å². The molecule has 0 bridgehead atoms. The lowest BCUT2D eigenvalue weighted by molar-refractivity contribution is -0.146. The molecule has 4 rings (SSSR count). The number of methoxy groups -OCH3 is 1. The molecule has 1 fully saturated rings. The molecule has 0 aliphatic heterocycles. The van der Waals surface area contributed by atoms with E-state index in [0.717, 1.165) is 35.1 Å². The van der Waals surface area contributed by atoms with Crippen LogP contribution >= 0.6 is 0 Å². The van der Waals surface area contributed by atoms with Gasteiger partial charge in [-0.05, 0) is 35.1 Å². The molecular formula is C21H21NO5. The molecule has 0 heterocycles. The second-order valence-electron chi connectivity index (χ2n) is 6.84. The summed E-state index contributed by atoms with van der Waals surface area (Å²) in [5, 5.41) is 9.85. The highest BCUT2D eigenvalue weighted by molar-refractivity contribution is 5.85. The summed E-state index contributed by atoms with van der Waals surface area (Å²) >= 11 is 0. The molecule has 1 N–H and O–H groups in total. The topological polar surface area (TPSA) is 76.1 Å². The Balaban J connectivity index is 1.79. The van der Waals surface area contributed by atoms with Gasteiger partial charge in [0.1, 0.15) is 0 Å². The summed E-state index contributed by atoms with van der Waals surface area (Å²) in [5.74, 6) is -1.11. The van der Waals surface area contributed by atoms with E-state index in [1.165, 1.54) is 12.0 Å². The third-order valence-electron chi connectivity index (χ3n) is 5.10. The lowest BCUT2D eigenvalue weighted by Crippen LogP contribution is -2.49. The van der Waals surface area contributed by atoms with Crippen LogP contribution in [0.5, 0.6) is 0 Å². The zero-order valence-corrected chi connectivity index (χ0v) is 15.0. The Morgan fingerprint density at radius 3 is 2.11 bits per heavy atom. The average molecular weight is 367 g/mol. The van der Waals surface area contributed by atoms with Crippen molar-refractivity contribution in [2.24, 2.45) is 0 Å². The maximum Gasteiger partial charge on any atom is 0.411 e. The highest BCUT2D eigenvalue weighted by atomic mass is 16.5. The van der Waals surface area contributed by atoms with Crippen LogP contribution in [0.4, 0.5) is 4.79 Å². The lowest BCUT2D eigenvalue weighted by atomic mass is 10.0. The van der Waals surface area contributed by atoms with E-state index in [9.17, 15) is 14.7 Å². The van der Waals surface area contributed by atoms with Crippen LogP contribution < -0.4 is 0 Å². The maximum atomic E-state index is 12.7. The Morgan fingerprint density at radius 2 is 1.63 bits per heavy atom. The molecular weight excluding hydrogens is 346 g/mol. The van der Waals surface area contributed by atoms with Crippen molar-refractivity contribution in [2.75, 3.05) is 13.7 Å². The van der Waals surface area contributed by atoms with Crippen LogP contribution in [0, 0.1) is 0 Å². The van der Waals surface area contributed by atoms with E-state index in [-0.39, 0.29) is 12.7 Å². The van der Waals surface area contributed by atoms with E-state index in [2.05, 4.69) is 0 Å². The molecule has 2 aliphatic rings. The smallest absolute Gasteiger partial charge is 0.411 e. The number of amides is 1. The van der Waals surface area contributed by atoms with E-state index in [0.29, 0.717) is 0 Å². The van der Waals surface area contributed by atoms with Gasteiger partial charge in [-0.2, -0.15) is 0 Å². The van der Waals surface area contributed by atoms with Crippen LogP contribution in [0.25, 0.3) is 11.1 Å². The minimum atomic E-state index is -1.14. The first-order valence-corrected chi connectivity index (χ1v) is 9.00. The molecule has 0 aromatic heterocycles. The predicted molar refractivity (Wildman–Crippen MR) is 98.4 cm³/mol. The monoisotopic (exact) mass is 367 g/mol. The Labute approximate surface area is 157 Å². The highest BCUT2D eigenvalue weighted by Crippen LogP contribution is 2.47. The third kappa shape index (κ3) is 3.17. The van der Waals surface area contributed by atoms with E-state index in [4.69, 9.17) is 9.47 Å². The highest BCUT2D eigenvalue weighted by Gasteiger charge is 2.43. The Bertz CT molecular complexity index is 831. The van der Waals surface area contributed by atoms with E-state index >= 15 is 0 Å². The first-order valence-electron chi connectivity index (χ1n) is 9.00. The molecule has 0 unspecified atom stereocenters. The van der Waals surface area contributed by atoms with Crippen molar-refractivity contribution in [2.45, 2.75) is 31.0 Å². The Morgan fingerprint density at radius 1 is 1.07 bits per heavy atom. The summed E-state index contributed by atoms with van der Waals surface area (Å²) in [6, 6.07) is 13.8. The molecule has 140 valence electrons. The van der Waals surface area contributed by atoms with Crippen molar-refractivity contribution in [3.05, 3.63) is 59.7 Å². The van der Waals surface area contributed by atoms with Gasteiger partial charge in [0, 0.05) is 0 Å². The number of benzene rings is 2. The van der Waals surface area contributed by atoms with Gasteiger partial charge < -0.3 is 14.6 Å². The number of nitrogens with zero attached hydrogens (tertiary/aromatic N) is 1. The van der Waals surface area contributed by atoms with E-state index < -0.39 is 24.1 Å². The van der Waals surface area contributed by atoms with Gasteiger partial charge in [0.15, 0.2) is 6.04 Å². The maximum absolute atomic E-state index is 12.7. The van der Waals surface area contributed by atoms with Gasteiger partial charge >= 0.3 is 12.1 Å². The van der Waals surface area contributed by atoms with Gasteiger partial charge in [-0.25, -0.2) is 9.59 Å². The average Bonchev–Trinajstić information content (AvgIpc) is 3.46. The minimum Gasteiger partial charge on any atom is -0.480 e. The first kappa shape index (κ1) is 17.5. The second-order valence-corrected chi connectivity index (χ2v) is 6.84. The van der Waals surface area contributed by atoms with Crippen LogP contribution in [0.2, 0.25) is 0 Å². The van der Waals surface area contributed by atoms with Crippen molar-refractivity contribution < 1.29 is 24.2 Å². The van der Waals surface area contributed by atoms with E-state index in [1.807, 2.05) is 48.5 Å². The van der Waals surface area contributed by atoms with Crippen LogP contribution in [0.1, 0.15) is 30.0 Å². The Hall–Kier alpha value is -2.86. The van der Waals surface area contributed by atoms with Crippen molar-refractivity contribution >= 4 is 12.1 Å². The Kier molecular flexibility index (Phi) is 4.58. The number of carbonyl (C=O) groups excluding carboxylic acids is 1. The van der Waals surface area contributed by atoms with E-state index in [1.54, 1.807) is 0 Å². The van der Waals surface area contributed by atoms with Crippen LogP contribution in [-0.4, -0.2) is 47.9 Å². The van der Waals surface area contributed by atoms with Gasteiger partial charge in [-0.15, -0.1) is 0 Å². The second kappa shape index (κ2) is 7.04. The quantitative estimate of drug-likeness (QED) is 0.846. The van der Waals surface area contributed by atoms with Gasteiger partial charge in [0.05, 0.1) is 25.9 Å². The number of carboxylic acid groups (broad SMARTS) is 1. The fourth-order valence-corrected chi connectivity index (χ4v) is 3.68. The molecule has 2 aromatic carbocycles. The van der Waals surface area contributed by atoms with Gasteiger partial charge in [0.25, 0.3) is 0 Å². The molecule has 0 saturated heterocycles. The SMILES string of the molecule is COC(=O)N(C1c2ccccc2-c2ccccc21)[C@@H](COC1CC1)C(=O)O. The standard InChI is InChI=1S/C21H21NO5/c1-26-21(25)22(18(20(23)24)12-27-13-10-11-13)19-16-8-4-2-6-14(16)15-7-3-5-9-17(15)19/h2-9,13,18-19H,10-12H2,1H3,(H,23,24)/t18-/m0/s1. The number of carbonyl (C=O) groups is 2. The summed E-state index contributed by atoms with van der Waals surface area (Å²) in [4.78, 5) is 26.1. The molecule has 0 spiro atoms. The molecule has 1 amide bonds.